The second-order valence-corrected chi connectivity index (χ2v) is 2.41. The van der Waals surface area contributed by atoms with Crippen LogP contribution >= 0.6 is 0 Å². The summed E-state index contributed by atoms with van der Waals surface area (Å²) in [5.41, 5.74) is 5.19. The third-order valence-corrected chi connectivity index (χ3v) is 1.37. The molecule has 0 saturated heterocycles. The lowest BCUT2D eigenvalue weighted by molar-refractivity contribution is -0.0681. The molecule has 0 aliphatic rings. The van der Waals surface area contributed by atoms with Crippen molar-refractivity contribution < 1.29 is 22.6 Å². The van der Waals surface area contributed by atoms with E-state index in [1.165, 1.54) is 7.11 Å². The number of rotatable bonds is 4. The summed E-state index contributed by atoms with van der Waals surface area (Å²) in [5.74, 6) is -0.669. The van der Waals surface area contributed by atoms with Gasteiger partial charge in [0.25, 0.3) is 12.2 Å². The molecule has 0 saturated carbocycles. The molecule has 5 nitrogen and oxygen atoms in total. The van der Waals surface area contributed by atoms with Gasteiger partial charge in [-0.25, -0.2) is 13.8 Å². The SMILES string of the molecule is COc1nc(N)ncc1OC(F)C(F)F. The summed E-state index contributed by atoms with van der Waals surface area (Å²) in [6.45, 7) is 0. The van der Waals surface area contributed by atoms with E-state index < -0.39 is 12.8 Å². The van der Waals surface area contributed by atoms with Crippen molar-refractivity contribution in [3.05, 3.63) is 6.20 Å². The highest BCUT2D eigenvalue weighted by Gasteiger charge is 2.23. The van der Waals surface area contributed by atoms with E-state index in [0.717, 1.165) is 6.20 Å². The first kappa shape index (κ1) is 11.3. The summed E-state index contributed by atoms with van der Waals surface area (Å²) in [5, 5.41) is 0. The molecule has 1 heterocycles. The topological polar surface area (TPSA) is 70.3 Å². The van der Waals surface area contributed by atoms with Crippen molar-refractivity contribution >= 4 is 5.95 Å². The monoisotopic (exact) mass is 223 g/mol. The largest absolute Gasteiger partial charge is 0.478 e. The van der Waals surface area contributed by atoms with Gasteiger partial charge in [0.15, 0.2) is 0 Å². The fraction of sp³-hybridized carbons (Fsp3) is 0.429. The molecule has 1 aromatic rings. The highest BCUT2D eigenvalue weighted by molar-refractivity contribution is 5.35. The Morgan fingerprint density at radius 3 is 2.60 bits per heavy atom. The van der Waals surface area contributed by atoms with Crippen LogP contribution in [0.4, 0.5) is 19.1 Å². The Kier molecular flexibility index (Phi) is 3.53. The van der Waals surface area contributed by atoms with Crippen LogP contribution in [0.2, 0.25) is 0 Å². The molecule has 0 aromatic carbocycles. The number of anilines is 1. The van der Waals surface area contributed by atoms with Crippen molar-refractivity contribution in [2.24, 2.45) is 0 Å². The maximum Gasteiger partial charge on any atom is 0.304 e. The van der Waals surface area contributed by atoms with Crippen LogP contribution in [0, 0.1) is 0 Å². The van der Waals surface area contributed by atoms with Crippen LogP contribution in [0.25, 0.3) is 0 Å². The van der Waals surface area contributed by atoms with Gasteiger partial charge in [0.2, 0.25) is 11.7 Å². The number of nitrogens with zero attached hydrogens (tertiary/aromatic N) is 2. The molecule has 0 spiro atoms. The Bertz CT molecular complexity index is 337. The second-order valence-electron chi connectivity index (χ2n) is 2.41. The van der Waals surface area contributed by atoms with E-state index in [9.17, 15) is 13.2 Å². The number of alkyl halides is 3. The number of aromatic nitrogens is 2. The number of nitrogens with two attached hydrogens (primary N) is 1. The van der Waals surface area contributed by atoms with Gasteiger partial charge in [0.1, 0.15) is 0 Å². The molecule has 0 radical (unpaired) electrons. The summed E-state index contributed by atoms with van der Waals surface area (Å²) < 4.78 is 45.0. The van der Waals surface area contributed by atoms with Crippen molar-refractivity contribution in [2.45, 2.75) is 12.8 Å². The van der Waals surface area contributed by atoms with Crippen molar-refractivity contribution in [1.82, 2.24) is 9.97 Å². The van der Waals surface area contributed by atoms with Crippen LogP contribution in [0.5, 0.6) is 11.6 Å². The molecule has 15 heavy (non-hydrogen) atoms. The molecule has 8 heteroatoms. The average molecular weight is 223 g/mol. The van der Waals surface area contributed by atoms with Crippen LogP contribution in [0.15, 0.2) is 6.20 Å². The van der Waals surface area contributed by atoms with Crippen LogP contribution in [0.3, 0.4) is 0 Å². The van der Waals surface area contributed by atoms with E-state index in [-0.39, 0.29) is 17.6 Å². The molecular formula is C7H8F3N3O2. The molecule has 2 N–H and O–H groups in total. The van der Waals surface area contributed by atoms with Crippen LogP contribution in [-0.4, -0.2) is 29.9 Å². The number of halogens is 3. The zero-order valence-corrected chi connectivity index (χ0v) is 7.65. The van der Waals surface area contributed by atoms with Gasteiger partial charge < -0.3 is 15.2 Å². The molecule has 0 fully saturated rings. The van der Waals surface area contributed by atoms with Gasteiger partial charge in [0.05, 0.1) is 13.3 Å². The van der Waals surface area contributed by atoms with Crippen LogP contribution in [0.1, 0.15) is 0 Å². The number of methoxy groups -OCH3 is 1. The maximum absolute atomic E-state index is 12.5. The van der Waals surface area contributed by atoms with E-state index in [1.54, 1.807) is 0 Å². The van der Waals surface area contributed by atoms with Gasteiger partial charge in [-0.1, -0.05) is 0 Å². The Labute approximate surface area is 83.0 Å². The Hall–Kier alpha value is -1.73. The molecule has 0 aliphatic carbocycles. The van der Waals surface area contributed by atoms with Gasteiger partial charge >= 0.3 is 6.43 Å². The Balaban J connectivity index is 2.84. The third kappa shape index (κ3) is 2.86. The third-order valence-electron chi connectivity index (χ3n) is 1.37. The van der Waals surface area contributed by atoms with Gasteiger partial charge in [-0.2, -0.15) is 9.37 Å². The molecule has 0 amide bonds. The van der Waals surface area contributed by atoms with E-state index in [2.05, 4.69) is 19.4 Å². The lowest BCUT2D eigenvalue weighted by Crippen LogP contribution is -2.20. The van der Waals surface area contributed by atoms with Crippen molar-refractivity contribution in [2.75, 3.05) is 12.8 Å². The Morgan fingerprint density at radius 2 is 2.07 bits per heavy atom. The first-order valence-electron chi connectivity index (χ1n) is 3.80. The zero-order valence-electron chi connectivity index (χ0n) is 7.65. The van der Waals surface area contributed by atoms with Gasteiger partial charge in [-0.05, 0) is 0 Å². The summed E-state index contributed by atoms with van der Waals surface area (Å²) in [6.07, 6.45) is -5.06. The number of nitrogen functional groups attached to an aromatic ring is 1. The minimum absolute atomic E-state index is 0.133. The van der Waals surface area contributed by atoms with Crippen LogP contribution in [-0.2, 0) is 0 Å². The normalized spacial score (nSPS) is 12.6. The Morgan fingerprint density at radius 1 is 1.40 bits per heavy atom. The van der Waals surface area contributed by atoms with E-state index in [4.69, 9.17) is 5.73 Å². The van der Waals surface area contributed by atoms with E-state index in [0.29, 0.717) is 0 Å². The van der Waals surface area contributed by atoms with Crippen molar-refractivity contribution in [3.8, 4) is 11.6 Å². The van der Waals surface area contributed by atoms with Gasteiger partial charge in [-0.15, -0.1) is 0 Å². The smallest absolute Gasteiger partial charge is 0.304 e. The molecule has 84 valence electrons. The standard InChI is InChI=1S/C7H8F3N3O2/c1-14-6-3(2-12-7(11)13-6)15-5(10)4(8)9/h2,4-5H,1H3,(H2,11,12,13). The van der Waals surface area contributed by atoms with Crippen molar-refractivity contribution in [3.63, 3.8) is 0 Å². The lowest BCUT2D eigenvalue weighted by atomic mass is 10.5. The summed E-state index contributed by atoms with van der Waals surface area (Å²) in [6, 6.07) is 0. The molecule has 0 aliphatic heterocycles. The minimum Gasteiger partial charge on any atom is -0.478 e. The summed E-state index contributed by atoms with van der Waals surface area (Å²) in [7, 11) is 1.21. The highest BCUT2D eigenvalue weighted by Crippen LogP contribution is 2.26. The fourth-order valence-corrected chi connectivity index (χ4v) is 0.768. The molecule has 0 bridgehead atoms. The van der Waals surface area contributed by atoms with Gasteiger partial charge in [0, 0.05) is 0 Å². The number of ether oxygens (including phenoxy) is 2. The fourth-order valence-electron chi connectivity index (χ4n) is 0.768. The number of hydrogen-bond donors (Lipinski definition) is 1. The molecule has 1 rings (SSSR count). The molecular weight excluding hydrogens is 215 g/mol. The zero-order chi connectivity index (χ0) is 11.4. The predicted molar refractivity (Wildman–Crippen MR) is 44.5 cm³/mol. The molecule has 1 atom stereocenters. The summed E-state index contributed by atoms with van der Waals surface area (Å²) in [4.78, 5) is 6.96. The van der Waals surface area contributed by atoms with Crippen molar-refractivity contribution in [1.29, 1.82) is 0 Å². The van der Waals surface area contributed by atoms with Crippen LogP contribution < -0.4 is 15.2 Å². The minimum atomic E-state index is -3.26. The lowest BCUT2D eigenvalue weighted by Gasteiger charge is -2.12. The molecule has 1 unspecified atom stereocenters. The quantitative estimate of drug-likeness (QED) is 0.824. The summed E-state index contributed by atoms with van der Waals surface area (Å²) >= 11 is 0. The maximum atomic E-state index is 12.5. The number of hydrogen-bond acceptors (Lipinski definition) is 5. The first-order chi connectivity index (χ1) is 7.04. The molecule has 1 aromatic heterocycles. The van der Waals surface area contributed by atoms with E-state index in [1.807, 2.05) is 0 Å². The average Bonchev–Trinajstić information content (AvgIpc) is 2.20. The second kappa shape index (κ2) is 4.67. The van der Waals surface area contributed by atoms with E-state index >= 15 is 0 Å². The van der Waals surface area contributed by atoms with Gasteiger partial charge in [-0.3, -0.25) is 0 Å². The predicted octanol–water partition coefficient (Wildman–Crippen LogP) is 1.01. The highest BCUT2D eigenvalue weighted by atomic mass is 19.3. The first-order valence-corrected chi connectivity index (χ1v) is 3.80.